The SMILES string of the molecule is CCOC(=O)c1ccc(-c2ccncc2O)cc1. The molecule has 0 unspecified atom stereocenters. The molecule has 0 radical (unpaired) electrons. The second-order valence-electron chi connectivity index (χ2n) is 3.69. The monoisotopic (exact) mass is 243 g/mol. The zero-order valence-corrected chi connectivity index (χ0v) is 9.96. The quantitative estimate of drug-likeness (QED) is 0.842. The molecule has 1 N–H and O–H groups in total. The van der Waals surface area contributed by atoms with Crippen molar-refractivity contribution in [1.82, 2.24) is 4.98 Å². The second kappa shape index (κ2) is 5.31. The Morgan fingerprint density at radius 3 is 2.61 bits per heavy atom. The van der Waals surface area contributed by atoms with Crippen LogP contribution < -0.4 is 0 Å². The fourth-order valence-electron chi connectivity index (χ4n) is 1.63. The van der Waals surface area contributed by atoms with Gasteiger partial charge in [-0.05, 0) is 30.7 Å². The van der Waals surface area contributed by atoms with Crippen molar-refractivity contribution in [2.75, 3.05) is 6.61 Å². The summed E-state index contributed by atoms with van der Waals surface area (Å²) in [4.78, 5) is 15.3. The number of ether oxygens (including phenoxy) is 1. The van der Waals surface area contributed by atoms with Gasteiger partial charge in [0.25, 0.3) is 0 Å². The molecule has 0 fully saturated rings. The van der Waals surface area contributed by atoms with Gasteiger partial charge in [0.1, 0.15) is 5.75 Å². The molecule has 0 bridgehead atoms. The zero-order chi connectivity index (χ0) is 13.0. The maximum absolute atomic E-state index is 11.5. The largest absolute Gasteiger partial charge is 0.506 e. The number of rotatable bonds is 3. The van der Waals surface area contributed by atoms with Crippen LogP contribution >= 0.6 is 0 Å². The summed E-state index contributed by atoms with van der Waals surface area (Å²) in [6, 6.07) is 8.59. The van der Waals surface area contributed by atoms with Crippen LogP contribution in [-0.2, 0) is 4.74 Å². The van der Waals surface area contributed by atoms with Crippen molar-refractivity contribution >= 4 is 5.97 Å². The average Bonchev–Trinajstić information content (AvgIpc) is 2.40. The zero-order valence-electron chi connectivity index (χ0n) is 9.96. The molecule has 0 aliphatic carbocycles. The number of pyridine rings is 1. The lowest BCUT2D eigenvalue weighted by Gasteiger charge is -2.05. The number of nitrogens with zero attached hydrogens (tertiary/aromatic N) is 1. The van der Waals surface area contributed by atoms with Gasteiger partial charge >= 0.3 is 5.97 Å². The molecule has 18 heavy (non-hydrogen) atoms. The van der Waals surface area contributed by atoms with E-state index >= 15 is 0 Å². The molecule has 2 rings (SSSR count). The van der Waals surface area contributed by atoms with Gasteiger partial charge in [0.15, 0.2) is 0 Å². The third-order valence-electron chi connectivity index (χ3n) is 2.51. The third kappa shape index (κ3) is 2.48. The molecule has 4 nitrogen and oxygen atoms in total. The minimum absolute atomic E-state index is 0.112. The highest BCUT2D eigenvalue weighted by Gasteiger charge is 2.08. The molecule has 0 aliphatic rings. The van der Waals surface area contributed by atoms with Crippen LogP contribution in [-0.4, -0.2) is 22.7 Å². The van der Waals surface area contributed by atoms with E-state index in [1.807, 2.05) is 0 Å². The van der Waals surface area contributed by atoms with Crippen LogP contribution in [0.1, 0.15) is 17.3 Å². The highest BCUT2D eigenvalue weighted by Crippen LogP contribution is 2.27. The summed E-state index contributed by atoms with van der Waals surface area (Å²) in [5.41, 5.74) is 2.00. The van der Waals surface area contributed by atoms with Gasteiger partial charge in [-0.2, -0.15) is 0 Å². The molecule has 0 spiro atoms. The number of carbonyl (C=O) groups excluding carboxylic acids is 1. The van der Waals surface area contributed by atoms with Crippen LogP contribution in [0.3, 0.4) is 0 Å². The molecule has 2 aromatic rings. The third-order valence-corrected chi connectivity index (χ3v) is 2.51. The van der Waals surface area contributed by atoms with Crippen LogP contribution in [0.5, 0.6) is 5.75 Å². The molecule has 1 aromatic carbocycles. The summed E-state index contributed by atoms with van der Waals surface area (Å²) in [5.74, 6) is -0.232. The molecular weight excluding hydrogens is 230 g/mol. The summed E-state index contributed by atoms with van der Waals surface area (Å²) in [5, 5.41) is 9.67. The highest BCUT2D eigenvalue weighted by atomic mass is 16.5. The van der Waals surface area contributed by atoms with E-state index in [1.54, 1.807) is 43.5 Å². The number of carbonyl (C=O) groups is 1. The first-order valence-corrected chi connectivity index (χ1v) is 5.63. The molecule has 0 amide bonds. The Morgan fingerprint density at radius 2 is 2.00 bits per heavy atom. The van der Waals surface area contributed by atoms with Crippen LogP contribution in [0.25, 0.3) is 11.1 Å². The minimum Gasteiger partial charge on any atom is -0.506 e. The topological polar surface area (TPSA) is 59.4 Å². The molecule has 0 saturated heterocycles. The minimum atomic E-state index is -0.344. The van der Waals surface area contributed by atoms with Crippen molar-refractivity contribution in [1.29, 1.82) is 0 Å². The maximum atomic E-state index is 11.5. The van der Waals surface area contributed by atoms with Crippen LogP contribution in [0.2, 0.25) is 0 Å². The lowest BCUT2D eigenvalue weighted by atomic mass is 10.0. The van der Waals surface area contributed by atoms with E-state index in [1.165, 1.54) is 6.20 Å². The number of benzene rings is 1. The van der Waals surface area contributed by atoms with Gasteiger partial charge in [0.2, 0.25) is 0 Å². The van der Waals surface area contributed by atoms with E-state index in [0.29, 0.717) is 17.7 Å². The predicted molar refractivity (Wildman–Crippen MR) is 67.3 cm³/mol. The number of hydrogen-bond acceptors (Lipinski definition) is 4. The highest BCUT2D eigenvalue weighted by molar-refractivity contribution is 5.90. The van der Waals surface area contributed by atoms with Gasteiger partial charge in [-0.1, -0.05) is 12.1 Å². The Hall–Kier alpha value is -2.36. The number of aromatic hydroxyl groups is 1. The fourth-order valence-corrected chi connectivity index (χ4v) is 1.63. The molecule has 0 aliphatic heterocycles. The summed E-state index contributed by atoms with van der Waals surface area (Å²) in [6.07, 6.45) is 2.99. The Morgan fingerprint density at radius 1 is 1.28 bits per heavy atom. The molecule has 4 heteroatoms. The molecule has 1 aromatic heterocycles. The normalized spacial score (nSPS) is 10.1. The Kier molecular flexibility index (Phi) is 3.57. The maximum Gasteiger partial charge on any atom is 0.338 e. The summed E-state index contributed by atoms with van der Waals surface area (Å²) in [6.45, 7) is 2.12. The van der Waals surface area contributed by atoms with Gasteiger partial charge in [0.05, 0.1) is 18.4 Å². The van der Waals surface area contributed by atoms with Crippen molar-refractivity contribution in [3.8, 4) is 16.9 Å². The van der Waals surface area contributed by atoms with E-state index in [0.717, 1.165) is 5.56 Å². The van der Waals surface area contributed by atoms with Gasteiger partial charge in [0, 0.05) is 11.8 Å². The van der Waals surface area contributed by atoms with Gasteiger partial charge in [-0.25, -0.2) is 4.79 Å². The summed E-state index contributed by atoms with van der Waals surface area (Å²) in [7, 11) is 0. The lowest BCUT2D eigenvalue weighted by Crippen LogP contribution is -2.03. The van der Waals surface area contributed by atoms with Crippen molar-refractivity contribution < 1.29 is 14.6 Å². The Bertz CT molecular complexity index is 549. The first kappa shape index (κ1) is 12.1. The van der Waals surface area contributed by atoms with Gasteiger partial charge < -0.3 is 9.84 Å². The molecule has 0 atom stereocenters. The van der Waals surface area contributed by atoms with E-state index in [2.05, 4.69) is 4.98 Å². The predicted octanol–water partition coefficient (Wildman–Crippen LogP) is 2.63. The van der Waals surface area contributed by atoms with E-state index < -0.39 is 0 Å². The molecule has 1 heterocycles. The summed E-state index contributed by atoms with van der Waals surface area (Å²) < 4.78 is 4.90. The first-order chi connectivity index (χ1) is 8.72. The number of esters is 1. The number of aromatic nitrogens is 1. The van der Waals surface area contributed by atoms with Crippen LogP contribution in [0.15, 0.2) is 42.7 Å². The van der Waals surface area contributed by atoms with E-state index in [-0.39, 0.29) is 11.7 Å². The Balaban J connectivity index is 2.28. The van der Waals surface area contributed by atoms with E-state index in [4.69, 9.17) is 4.74 Å². The van der Waals surface area contributed by atoms with Crippen LogP contribution in [0, 0.1) is 0 Å². The number of hydrogen-bond donors (Lipinski definition) is 1. The van der Waals surface area contributed by atoms with Crippen LogP contribution in [0.4, 0.5) is 0 Å². The summed E-state index contributed by atoms with van der Waals surface area (Å²) >= 11 is 0. The van der Waals surface area contributed by atoms with Crippen molar-refractivity contribution in [2.24, 2.45) is 0 Å². The van der Waals surface area contributed by atoms with E-state index in [9.17, 15) is 9.90 Å². The molecule has 92 valence electrons. The molecule has 0 saturated carbocycles. The first-order valence-electron chi connectivity index (χ1n) is 5.63. The van der Waals surface area contributed by atoms with Crippen molar-refractivity contribution in [3.63, 3.8) is 0 Å². The fraction of sp³-hybridized carbons (Fsp3) is 0.143. The lowest BCUT2D eigenvalue weighted by molar-refractivity contribution is 0.0526. The average molecular weight is 243 g/mol. The second-order valence-corrected chi connectivity index (χ2v) is 3.69. The molecular formula is C14H13NO3. The van der Waals surface area contributed by atoms with Crippen molar-refractivity contribution in [3.05, 3.63) is 48.3 Å². The van der Waals surface area contributed by atoms with Gasteiger partial charge in [-0.15, -0.1) is 0 Å². The van der Waals surface area contributed by atoms with Gasteiger partial charge in [-0.3, -0.25) is 4.98 Å². The Labute approximate surface area is 105 Å². The standard InChI is InChI=1S/C14H13NO3/c1-2-18-14(17)11-5-3-10(4-6-11)12-7-8-15-9-13(12)16/h3-9,16H,2H2,1H3. The smallest absolute Gasteiger partial charge is 0.338 e. The van der Waals surface area contributed by atoms with Crippen molar-refractivity contribution in [2.45, 2.75) is 6.92 Å².